The Hall–Kier alpha value is -1.75. The van der Waals surface area contributed by atoms with Gasteiger partial charge in [-0.2, -0.15) is 0 Å². The quantitative estimate of drug-likeness (QED) is 0.305. The summed E-state index contributed by atoms with van der Waals surface area (Å²) in [6, 6.07) is 6.15. The molecule has 0 aromatic heterocycles. The van der Waals surface area contributed by atoms with Gasteiger partial charge >= 0.3 is 0 Å². The number of rotatable bonds is 7. The van der Waals surface area contributed by atoms with Crippen molar-refractivity contribution in [3.05, 3.63) is 29.3 Å². The minimum absolute atomic E-state index is 0.0558. The molecule has 0 aliphatic carbocycles. The van der Waals surface area contributed by atoms with Crippen molar-refractivity contribution < 1.29 is 9.94 Å². The number of ether oxygens (including phenoxy) is 1. The van der Waals surface area contributed by atoms with Crippen LogP contribution in [0.3, 0.4) is 0 Å². The van der Waals surface area contributed by atoms with E-state index >= 15 is 0 Å². The highest BCUT2D eigenvalue weighted by molar-refractivity contribution is 5.99. The predicted molar refractivity (Wildman–Crippen MR) is 76.7 cm³/mol. The molecule has 0 saturated carbocycles. The molecule has 5 nitrogen and oxygen atoms in total. The van der Waals surface area contributed by atoms with Gasteiger partial charge in [0.25, 0.3) is 0 Å². The molecular weight excluding hydrogens is 242 g/mol. The molecule has 106 valence electrons. The van der Waals surface area contributed by atoms with E-state index in [1.807, 2.05) is 18.2 Å². The van der Waals surface area contributed by atoms with Crippen molar-refractivity contribution in [2.75, 3.05) is 7.11 Å². The van der Waals surface area contributed by atoms with Crippen LogP contribution in [0.4, 0.5) is 0 Å². The first-order valence-electron chi connectivity index (χ1n) is 6.50. The van der Waals surface area contributed by atoms with E-state index in [0.29, 0.717) is 17.4 Å². The maximum absolute atomic E-state index is 8.78. The second-order valence-electron chi connectivity index (χ2n) is 4.59. The average Bonchev–Trinajstić information content (AvgIpc) is 2.44. The van der Waals surface area contributed by atoms with Crippen molar-refractivity contribution in [2.45, 2.75) is 39.3 Å². The topological polar surface area (TPSA) is 79.9 Å². The van der Waals surface area contributed by atoms with E-state index in [1.165, 1.54) is 0 Å². The molecule has 5 heteroatoms. The summed E-state index contributed by atoms with van der Waals surface area (Å²) in [7, 11) is 1.56. The molecule has 1 atom stereocenters. The summed E-state index contributed by atoms with van der Waals surface area (Å²) in [5, 5.41) is 15.2. The van der Waals surface area contributed by atoms with Crippen LogP contribution in [0, 0.1) is 0 Å². The molecule has 0 aliphatic heterocycles. The van der Waals surface area contributed by atoms with Gasteiger partial charge < -0.3 is 21.0 Å². The van der Waals surface area contributed by atoms with Gasteiger partial charge in [0.2, 0.25) is 0 Å². The number of hydrogen-bond acceptors (Lipinski definition) is 4. The van der Waals surface area contributed by atoms with Gasteiger partial charge in [0.15, 0.2) is 5.84 Å². The van der Waals surface area contributed by atoms with Crippen LogP contribution in [-0.4, -0.2) is 24.2 Å². The number of nitrogens with two attached hydrogens (primary N) is 1. The molecule has 0 heterocycles. The first-order chi connectivity index (χ1) is 9.12. The molecule has 4 N–H and O–H groups in total. The summed E-state index contributed by atoms with van der Waals surface area (Å²) in [5.74, 6) is 0.654. The van der Waals surface area contributed by atoms with Crippen LogP contribution < -0.4 is 15.8 Å². The molecule has 1 rings (SSSR count). The predicted octanol–water partition coefficient (Wildman–Crippen LogP) is 2.07. The lowest BCUT2D eigenvalue weighted by Gasteiger charge is -2.14. The molecule has 1 unspecified atom stereocenters. The third-order valence-electron chi connectivity index (χ3n) is 3.02. The van der Waals surface area contributed by atoms with Gasteiger partial charge in [0.1, 0.15) is 5.75 Å². The molecule has 0 aliphatic rings. The average molecular weight is 265 g/mol. The zero-order valence-electron chi connectivity index (χ0n) is 11.8. The van der Waals surface area contributed by atoms with Crippen molar-refractivity contribution >= 4 is 5.84 Å². The van der Waals surface area contributed by atoms with Gasteiger partial charge in [0.05, 0.1) is 12.7 Å². The summed E-state index contributed by atoms with van der Waals surface area (Å²) in [5.41, 5.74) is 7.32. The number of hydrogen-bond donors (Lipinski definition) is 3. The standard InChI is InChI=1S/C14H23N3O2/c1-4-5-10(2)16-9-11-6-7-13(19-3)12(8-11)14(15)17-18/h6-8,10,16,18H,4-5,9H2,1-3H3,(H2,15,17). The van der Waals surface area contributed by atoms with Gasteiger partial charge in [-0.15, -0.1) is 0 Å². The number of nitrogens with zero attached hydrogens (tertiary/aromatic N) is 1. The lowest BCUT2D eigenvalue weighted by Crippen LogP contribution is -2.25. The summed E-state index contributed by atoms with van der Waals surface area (Å²) in [6.07, 6.45) is 2.30. The second-order valence-corrected chi connectivity index (χ2v) is 4.59. The van der Waals surface area contributed by atoms with Crippen LogP contribution in [0.2, 0.25) is 0 Å². The van der Waals surface area contributed by atoms with E-state index in [0.717, 1.165) is 24.9 Å². The van der Waals surface area contributed by atoms with Crippen LogP contribution in [0.15, 0.2) is 23.4 Å². The van der Waals surface area contributed by atoms with E-state index in [-0.39, 0.29) is 5.84 Å². The summed E-state index contributed by atoms with van der Waals surface area (Å²) in [4.78, 5) is 0. The summed E-state index contributed by atoms with van der Waals surface area (Å²) < 4.78 is 5.20. The molecule has 0 radical (unpaired) electrons. The highest BCUT2D eigenvalue weighted by Crippen LogP contribution is 2.19. The Bertz CT molecular complexity index is 433. The highest BCUT2D eigenvalue weighted by atomic mass is 16.5. The Morgan fingerprint density at radius 3 is 2.84 bits per heavy atom. The number of nitrogens with one attached hydrogen (secondary N) is 1. The number of oxime groups is 1. The fourth-order valence-corrected chi connectivity index (χ4v) is 1.95. The molecule has 1 aromatic carbocycles. The zero-order valence-corrected chi connectivity index (χ0v) is 11.8. The number of benzene rings is 1. The van der Waals surface area contributed by atoms with Crippen molar-refractivity contribution in [2.24, 2.45) is 10.9 Å². The van der Waals surface area contributed by atoms with Gasteiger partial charge in [0, 0.05) is 12.6 Å². The normalized spacial score (nSPS) is 13.3. The second kappa shape index (κ2) is 7.63. The lowest BCUT2D eigenvalue weighted by atomic mass is 10.1. The Kier molecular flexibility index (Phi) is 6.15. The van der Waals surface area contributed by atoms with E-state index in [4.69, 9.17) is 15.7 Å². The van der Waals surface area contributed by atoms with Gasteiger partial charge in [-0.25, -0.2) is 0 Å². The fraction of sp³-hybridized carbons (Fsp3) is 0.500. The highest BCUT2D eigenvalue weighted by Gasteiger charge is 2.09. The fourth-order valence-electron chi connectivity index (χ4n) is 1.95. The van der Waals surface area contributed by atoms with Crippen LogP contribution in [0.1, 0.15) is 37.8 Å². The Morgan fingerprint density at radius 2 is 2.26 bits per heavy atom. The zero-order chi connectivity index (χ0) is 14.3. The van der Waals surface area contributed by atoms with E-state index in [1.54, 1.807) is 7.11 Å². The van der Waals surface area contributed by atoms with E-state index < -0.39 is 0 Å². The largest absolute Gasteiger partial charge is 0.496 e. The van der Waals surface area contributed by atoms with Crippen LogP contribution in [0.25, 0.3) is 0 Å². The monoisotopic (exact) mass is 265 g/mol. The van der Waals surface area contributed by atoms with Gasteiger partial charge in [-0.05, 0) is 31.0 Å². The first-order valence-corrected chi connectivity index (χ1v) is 6.50. The maximum atomic E-state index is 8.78. The molecule has 0 spiro atoms. The Morgan fingerprint density at radius 1 is 1.53 bits per heavy atom. The molecule has 1 aromatic rings. The molecule has 0 fully saturated rings. The summed E-state index contributed by atoms with van der Waals surface area (Å²) >= 11 is 0. The summed E-state index contributed by atoms with van der Waals surface area (Å²) in [6.45, 7) is 5.08. The minimum atomic E-state index is 0.0558. The molecule has 0 saturated heterocycles. The lowest BCUT2D eigenvalue weighted by molar-refractivity contribution is 0.318. The van der Waals surface area contributed by atoms with Crippen LogP contribution >= 0.6 is 0 Å². The first kappa shape index (κ1) is 15.3. The van der Waals surface area contributed by atoms with Gasteiger partial charge in [-0.1, -0.05) is 24.6 Å². The molecule has 0 bridgehead atoms. The Balaban J connectivity index is 2.81. The smallest absolute Gasteiger partial charge is 0.173 e. The van der Waals surface area contributed by atoms with E-state index in [9.17, 15) is 0 Å². The minimum Gasteiger partial charge on any atom is -0.496 e. The van der Waals surface area contributed by atoms with Crippen molar-refractivity contribution in [1.82, 2.24) is 5.32 Å². The third kappa shape index (κ3) is 4.44. The van der Waals surface area contributed by atoms with Crippen molar-refractivity contribution in [3.63, 3.8) is 0 Å². The molecule has 0 amide bonds. The van der Waals surface area contributed by atoms with E-state index in [2.05, 4.69) is 24.3 Å². The van der Waals surface area contributed by atoms with Crippen molar-refractivity contribution in [1.29, 1.82) is 0 Å². The van der Waals surface area contributed by atoms with Crippen LogP contribution in [-0.2, 0) is 6.54 Å². The number of amidine groups is 1. The van der Waals surface area contributed by atoms with Crippen molar-refractivity contribution in [3.8, 4) is 5.75 Å². The SMILES string of the molecule is CCCC(C)NCc1ccc(OC)c(C(N)=NO)c1. The van der Waals surface area contributed by atoms with Crippen LogP contribution in [0.5, 0.6) is 5.75 Å². The molecular formula is C14H23N3O2. The Labute approximate surface area is 114 Å². The number of methoxy groups -OCH3 is 1. The molecule has 19 heavy (non-hydrogen) atoms. The third-order valence-corrected chi connectivity index (χ3v) is 3.02. The maximum Gasteiger partial charge on any atom is 0.173 e. The van der Waals surface area contributed by atoms with Gasteiger partial charge in [-0.3, -0.25) is 0 Å².